The molecule has 0 aliphatic carbocycles. The Hall–Kier alpha value is -3.45. The van der Waals surface area contributed by atoms with E-state index in [9.17, 15) is 14.9 Å². The molecule has 0 saturated carbocycles. The van der Waals surface area contributed by atoms with Crippen LogP contribution < -0.4 is 5.56 Å². The van der Waals surface area contributed by atoms with E-state index in [1.165, 1.54) is 10.6 Å². The Balaban J connectivity index is 2.00. The average molecular weight is 389 g/mol. The monoisotopic (exact) mass is 389 g/mol. The molecule has 0 aliphatic rings. The molecule has 6 nitrogen and oxygen atoms in total. The van der Waals surface area contributed by atoms with E-state index in [0.717, 1.165) is 17.3 Å². The number of nitro groups is 1. The normalized spacial score (nSPS) is 10.9. The molecule has 0 N–H and O–H groups in total. The van der Waals surface area contributed by atoms with Crippen LogP contribution in [0, 0.1) is 17.0 Å². The van der Waals surface area contributed by atoms with Crippen molar-refractivity contribution in [2.24, 2.45) is 0 Å². The van der Waals surface area contributed by atoms with Gasteiger partial charge in [-0.3, -0.25) is 19.5 Å². The van der Waals surface area contributed by atoms with Crippen molar-refractivity contribution in [1.29, 1.82) is 0 Å². The summed E-state index contributed by atoms with van der Waals surface area (Å²) in [5.41, 5.74) is 1.93. The lowest BCUT2D eigenvalue weighted by atomic mass is 10.2. The summed E-state index contributed by atoms with van der Waals surface area (Å²) in [4.78, 5) is 29.3. The summed E-state index contributed by atoms with van der Waals surface area (Å²) in [6.07, 6.45) is 0. The van der Waals surface area contributed by atoms with Crippen LogP contribution in [0.5, 0.6) is 0 Å². The van der Waals surface area contributed by atoms with Crippen molar-refractivity contribution in [2.45, 2.75) is 17.0 Å². The number of aryl methyl sites for hydroxylation is 1. The van der Waals surface area contributed by atoms with E-state index in [0.29, 0.717) is 26.6 Å². The highest BCUT2D eigenvalue weighted by Crippen LogP contribution is 2.34. The Kier molecular flexibility index (Phi) is 4.67. The Morgan fingerprint density at radius 2 is 1.64 bits per heavy atom. The molecular weight excluding hydrogens is 374 g/mol. The number of fused-ring (bicyclic) bond motifs is 1. The van der Waals surface area contributed by atoms with Gasteiger partial charge in [0.25, 0.3) is 11.2 Å². The van der Waals surface area contributed by atoms with Crippen molar-refractivity contribution in [3.8, 4) is 5.69 Å². The zero-order valence-electron chi connectivity index (χ0n) is 14.9. The van der Waals surface area contributed by atoms with Crippen LogP contribution in [0.4, 0.5) is 5.69 Å². The van der Waals surface area contributed by atoms with Gasteiger partial charge in [-0.1, -0.05) is 42.5 Å². The second kappa shape index (κ2) is 7.28. The molecule has 0 unspecified atom stereocenters. The molecular formula is C21H15N3O3S. The van der Waals surface area contributed by atoms with Crippen molar-refractivity contribution >= 4 is 28.4 Å². The third kappa shape index (κ3) is 3.16. The molecule has 4 aromatic rings. The lowest BCUT2D eigenvalue weighted by Crippen LogP contribution is -2.22. The second-order valence-corrected chi connectivity index (χ2v) is 7.17. The van der Waals surface area contributed by atoms with Crippen molar-refractivity contribution in [3.05, 3.63) is 98.8 Å². The fraction of sp³-hybridized carbons (Fsp3) is 0.0476. The highest BCUT2D eigenvalue weighted by molar-refractivity contribution is 7.99. The molecule has 3 aromatic carbocycles. The maximum Gasteiger partial charge on any atom is 0.283 e. The van der Waals surface area contributed by atoms with E-state index in [1.54, 1.807) is 36.4 Å². The number of nitrogens with zero attached hydrogens (tertiary/aromatic N) is 3. The summed E-state index contributed by atoms with van der Waals surface area (Å²) in [6.45, 7) is 1.91. The molecule has 28 heavy (non-hydrogen) atoms. The van der Waals surface area contributed by atoms with Crippen LogP contribution in [0.25, 0.3) is 16.6 Å². The Morgan fingerprint density at radius 3 is 2.43 bits per heavy atom. The van der Waals surface area contributed by atoms with E-state index in [4.69, 9.17) is 0 Å². The van der Waals surface area contributed by atoms with Gasteiger partial charge >= 0.3 is 0 Å². The SMILES string of the molecule is Cc1ccccc1-n1c(Sc2ccccc2[N+](=O)[O-])nc2ccccc2c1=O. The molecule has 7 heteroatoms. The van der Waals surface area contributed by atoms with Crippen molar-refractivity contribution < 1.29 is 4.92 Å². The Morgan fingerprint density at radius 1 is 0.964 bits per heavy atom. The topological polar surface area (TPSA) is 78.0 Å². The van der Waals surface area contributed by atoms with Crippen LogP contribution in [-0.4, -0.2) is 14.5 Å². The molecule has 1 aromatic heterocycles. The molecule has 0 bridgehead atoms. The number of para-hydroxylation sites is 3. The maximum atomic E-state index is 13.3. The van der Waals surface area contributed by atoms with Crippen LogP contribution >= 0.6 is 11.8 Å². The first-order valence-electron chi connectivity index (χ1n) is 8.55. The number of benzene rings is 3. The van der Waals surface area contributed by atoms with Crippen molar-refractivity contribution in [1.82, 2.24) is 9.55 Å². The summed E-state index contributed by atoms with van der Waals surface area (Å²) in [6, 6.07) is 21.1. The van der Waals surface area contributed by atoms with E-state index < -0.39 is 4.92 Å². The van der Waals surface area contributed by atoms with Crippen LogP contribution in [0.3, 0.4) is 0 Å². The highest BCUT2D eigenvalue weighted by Gasteiger charge is 2.19. The van der Waals surface area contributed by atoms with E-state index in [-0.39, 0.29) is 11.2 Å². The lowest BCUT2D eigenvalue weighted by molar-refractivity contribution is -0.387. The van der Waals surface area contributed by atoms with Crippen LogP contribution in [0.2, 0.25) is 0 Å². The van der Waals surface area contributed by atoms with Gasteiger partial charge in [-0.2, -0.15) is 0 Å². The number of rotatable bonds is 4. The first-order chi connectivity index (χ1) is 13.6. The van der Waals surface area contributed by atoms with Crippen molar-refractivity contribution in [2.75, 3.05) is 0 Å². The molecule has 4 rings (SSSR count). The van der Waals surface area contributed by atoms with Crippen LogP contribution in [0.1, 0.15) is 5.56 Å². The van der Waals surface area contributed by atoms with E-state index >= 15 is 0 Å². The highest BCUT2D eigenvalue weighted by atomic mass is 32.2. The third-order valence-corrected chi connectivity index (χ3v) is 5.39. The fourth-order valence-corrected chi connectivity index (χ4v) is 4.01. The summed E-state index contributed by atoms with van der Waals surface area (Å²) in [5.74, 6) is 0. The lowest BCUT2D eigenvalue weighted by Gasteiger charge is -2.15. The summed E-state index contributed by atoms with van der Waals surface area (Å²) in [7, 11) is 0. The molecule has 0 fully saturated rings. The summed E-state index contributed by atoms with van der Waals surface area (Å²) >= 11 is 1.11. The molecule has 0 spiro atoms. The molecule has 0 amide bonds. The molecule has 138 valence electrons. The van der Waals surface area contributed by atoms with Gasteiger partial charge in [-0.25, -0.2) is 4.98 Å². The smallest absolute Gasteiger partial charge is 0.268 e. The van der Waals surface area contributed by atoms with Gasteiger partial charge in [0, 0.05) is 6.07 Å². The van der Waals surface area contributed by atoms with Gasteiger partial charge in [0.2, 0.25) is 0 Å². The first kappa shape index (κ1) is 17.9. The predicted molar refractivity (Wildman–Crippen MR) is 109 cm³/mol. The molecule has 0 atom stereocenters. The van der Waals surface area contributed by atoms with Crippen LogP contribution in [0.15, 0.2) is 87.6 Å². The fourth-order valence-electron chi connectivity index (χ4n) is 3.00. The van der Waals surface area contributed by atoms with Crippen LogP contribution in [-0.2, 0) is 0 Å². The number of hydrogen-bond acceptors (Lipinski definition) is 5. The number of aromatic nitrogens is 2. The average Bonchev–Trinajstić information content (AvgIpc) is 2.69. The van der Waals surface area contributed by atoms with Crippen molar-refractivity contribution in [3.63, 3.8) is 0 Å². The van der Waals surface area contributed by atoms with Gasteiger partial charge in [-0.15, -0.1) is 0 Å². The number of hydrogen-bond donors (Lipinski definition) is 0. The molecule has 0 saturated heterocycles. The minimum atomic E-state index is -0.431. The standard InChI is InChI=1S/C21H15N3O3S/c1-14-8-2-5-11-17(14)23-20(25)15-9-3-4-10-16(15)22-21(23)28-19-13-7-6-12-18(19)24(26)27/h2-13H,1H3. The predicted octanol–water partition coefficient (Wildman–Crippen LogP) is 4.75. The zero-order chi connectivity index (χ0) is 19.7. The largest absolute Gasteiger partial charge is 0.283 e. The second-order valence-electron chi connectivity index (χ2n) is 6.17. The third-order valence-electron chi connectivity index (χ3n) is 4.36. The van der Waals surface area contributed by atoms with Gasteiger partial charge in [0.1, 0.15) is 0 Å². The van der Waals surface area contributed by atoms with E-state index in [2.05, 4.69) is 4.98 Å². The Bertz CT molecular complexity index is 1270. The molecule has 0 radical (unpaired) electrons. The zero-order valence-corrected chi connectivity index (χ0v) is 15.7. The van der Waals surface area contributed by atoms with Gasteiger partial charge in [0.05, 0.1) is 26.4 Å². The number of nitro benzene ring substituents is 1. The summed E-state index contributed by atoms with van der Waals surface area (Å²) in [5, 5.41) is 12.3. The quantitative estimate of drug-likeness (QED) is 0.286. The maximum absolute atomic E-state index is 13.3. The first-order valence-corrected chi connectivity index (χ1v) is 9.37. The Labute approximate surface area is 164 Å². The van der Waals surface area contributed by atoms with E-state index in [1.807, 2.05) is 37.3 Å². The molecule has 0 aliphatic heterocycles. The molecule has 1 heterocycles. The minimum Gasteiger partial charge on any atom is -0.268 e. The van der Waals surface area contributed by atoms with Gasteiger partial charge in [0.15, 0.2) is 5.16 Å². The van der Waals surface area contributed by atoms with Gasteiger partial charge in [-0.05, 0) is 48.5 Å². The minimum absolute atomic E-state index is 0.0220. The van der Waals surface area contributed by atoms with Gasteiger partial charge < -0.3 is 0 Å². The summed E-state index contributed by atoms with van der Waals surface area (Å²) < 4.78 is 1.53.